The number of carbonyl (C=O) groups excluding carboxylic acids is 1. The Balaban J connectivity index is 2.80. The number of halogens is 3. The monoisotopic (exact) mass is 296 g/mol. The SMILES string of the molecule is O=CCCOc1c(Cl)cc(Br)cc1Cl. The third kappa shape index (κ3) is 3.15. The average molecular weight is 298 g/mol. The summed E-state index contributed by atoms with van der Waals surface area (Å²) in [5.74, 6) is 0.415. The van der Waals surface area contributed by atoms with Crippen LogP contribution in [0.2, 0.25) is 10.0 Å². The van der Waals surface area contributed by atoms with Gasteiger partial charge >= 0.3 is 0 Å². The zero-order valence-corrected chi connectivity index (χ0v) is 10.2. The molecule has 2 nitrogen and oxygen atoms in total. The van der Waals surface area contributed by atoms with Gasteiger partial charge in [-0.15, -0.1) is 0 Å². The lowest BCUT2D eigenvalue weighted by atomic mass is 10.3. The fourth-order valence-electron chi connectivity index (χ4n) is 0.876. The van der Waals surface area contributed by atoms with E-state index in [0.29, 0.717) is 22.2 Å². The summed E-state index contributed by atoms with van der Waals surface area (Å²) in [4.78, 5) is 10.1. The molecule has 0 aliphatic carbocycles. The molecule has 0 saturated heterocycles. The Labute approximate surface area is 100 Å². The summed E-state index contributed by atoms with van der Waals surface area (Å²) in [5, 5.41) is 0.852. The van der Waals surface area contributed by atoms with Gasteiger partial charge in [0.15, 0.2) is 5.75 Å². The molecule has 0 bridgehead atoms. The van der Waals surface area contributed by atoms with E-state index in [1.807, 2.05) is 0 Å². The van der Waals surface area contributed by atoms with Crippen LogP contribution in [0.4, 0.5) is 0 Å². The molecule has 76 valence electrons. The van der Waals surface area contributed by atoms with E-state index >= 15 is 0 Å². The minimum absolute atomic E-state index is 0.282. The van der Waals surface area contributed by atoms with E-state index in [-0.39, 0.29) is 6.61 Å². The van der Waals surface area contributed by atoms with Gasteiger partial charge in [-0.05, 0) is 12.1 Å². The fourth-order valence-corrected chi connectivity index (χ4v) is 2.19. The number of hydrogen-bond acceptors (Lipinski definition) is 2. The summed E-state index contributed by atoms with van der Waals surface area (Å²) < 4.78 is 6.03. The first-order valence-corrected chi connectivity index (χ1v) is 5.41. The molecule has 0 amide bonds. The van der Waals surface area contributed by atoms with Crippen molar-refractivity contribution < 1.29 is 9.53 Å². The van der Waals surface area contributed by atoms with E-state index < -0.39 is 0 Å². The van der Waals surface area contributed by atoms with Gasteiger partial charge in [-0.2, -0.15) is 0 Å². The number of rotatable bonds is 4. The minimum Gasteiger partial charge on any atom is -0.490 e. The summed E-state index contributed by atoms with van der Waals surface area (Å²) in [7, 11) is 0. The molecule has 0 spiro atoms. The molecule has 1 aromatic rings. The van der Waals surface area contributed by atoms with Crippen LogP contribution in [0.3, 0.4) is 0 Å². The van der Waals surface area contributed by atoms with Crippen molar-refractivity contribution in [1.29, 1.82) is 0 Å². The topological polar surface area (TPSA) is 26.3 Å². The first-order chi connectivity index (χ1) is 6.65. The van der Waals surface area contributed by atoms with Crippen LogP contribution in [0, 0.1) is 0 Å². The van der Waals surface area contributed by atoms with Crippen molar-refractivity contribution in [3.05, 3.63) is 26.7 Å². The lowest BCUT2D eigenvalue weighted by Crippen LogP contribution is -1.98. The molecule has 0 heterocycles. The average Bonchev–Trinajstić information content (AvgIpc) is 2.09. The van der Waals surface area contributed by atoms with E-state index in [0.717, 1.165) is 10.8 Å². The van der Waals surface area contributed by atoms with Crippen molar-refractivity contribution in [2.45, 2.75) is 6.42 Å². The molecule has 0 atom stereocenters. The van der Waals surface area contributed by atoms with Crippen LogP contribution in [0.1, 0.15) is 6.42 Å². The minimum atomic E-state index is 0.282. The van der Waals surface area contributed by atoms with Crippen LogP contribution in [-0.2, 0) is 4.79 Å². The highest BCUT2D eigenvalue weighted by Gasteiger charge is 2.08. The Bertz CT molecular complexity index is 319. The second-order valence-corrected chi connectivity index (χ2v) is 4.23. The molecule has 0 aliphatic heterocycles. The van der Waals surface area contributed by atoms with Crippen molar-refractivity contribution in [1.82, 2.24) is 0 Å². The molecule has 5 heteroatoms. The zero-order valence-electron chi connectivity index (χ0n) is 7.10. The number of carbonyl (C=O) groups is 1. The molecule has 0 N–H and O–H groups in total. The van der Waals surface area contributed by atoms with Crippen LogP contribution < -0.4 is 4.74 Å². The van der Waals surface area contributed by atoms with Crippen molar-refractivity contribution in [3.63, 3.8) is 0 Å². The van der Waals surface area contributed by atoms with Crippen molar-refractivity contribution >= 4 is 45.4 Å². The first-order valence-electron chi connectivity index (χ1n) is 3.86. The fraction of sp³-hybridized carbons (Fsp3) is 0.222. The van der Waals surface area contributed by atoms with E-state index in [9.17, 15) is 4.79 Å². The summed E-state index contributed by atoms with van der Waals surface area (Å²) >= 11 is 15.0. The van der Waals surface area contributed by atoms with Crippen LogP contribution >= 0.6 is 39.1 Å². The molecular weight excluding hydrogens is 291 g/mol. The van der Waals surface area contributed by atoms with Gasteiger partial charge in [-0.1, -0.05) is 39.1 Å². The van der Waals surface area contributed by atoms with Gasteiger partial charge < -0.3 is 9.53 Å². The Hall–Kier alpha value is -0.250. The van der Waals surface area contributed by atoms with Gasteiger partial charge in [0.25, 0.3) is 0 Å². The van der Waals surface area contributed by atoms with Gasteiger partial charge in [0.05, 0.1) is 16.7 Å². The molecule has 1 rings (SSSR count). The van der Waals surface area contributed by atoms with Crippen LogP contribution in [0.15, 0.2) is 16.6 Å². The maximum atomic E-state index is 10.1. The van der Waals surface area contributed by atoms with E-state index in [4.69, 9.17) is 27.9 Å². The highest BCUT2D eigenvalue weighted by molar-refractivity contribution is 9.10. The molecule has 14 heavy (non-hydrogen) atoms. The molecule has 0 aromatic heterocycles. The van der Waals surface area contributed by atoms with Crippen molar-refractivity contribution in [2.24, 2.45) is 0 Å². The summed E-state index contributed by atoms with van der Waals surface area (Å²) in [6.07, 6.45) is 1.10. The summed E-state index contributed by atoms with van der Waals surface area (Å²) in [5.41, 5.74) is 0. The van der Waals surface area contributed by atoms with Gasteiger partial charge in [0, 0.05) is 10.9 Å². The van der Waals surface area contributed by atoms with E-state index in [2.05, 4.69) is 15.9 Å². The van der Waals surface area contributed by atoms with Crippen molar-refractivity contribution in [2.75, 3.05) is 6.61 Å². The number of aldehydes is 1. The smallest absolute Gasteiger partial charge is 0.156 e. The number of hydrogen-bond donors (Lipinski definition) is 0. The molecule has 1 aromatic carbocycles. The molecule has 0 unspecified atom stereocenters. The standard InChI is InChI=1S/C9H7BrCl2O2/c10-6-4-7(11)9(8(12)5-6)14-3-1-2-13/h2,4-5H,1,3H2. The van der Waals surface area contributed by atoms with Crippen LogP contribution in [-0.4, -0.2) is 12.9 Å². The summed E-state index contributed by atoms with van der Waals surface area (Å²) in [6, 6.07) is 3.37. The Morgan fingerprint density at radius 1 is 1.36 bits per heavy atom. The van der Waals surface area contributed by atoms with Gasteiger partial charge in [0.1, 0.15) is 6.29 Å². The van der Waals surface area contributed by atoms with Gasteiger partial charge in [-0.3, -0.25) is 0 Å². The maximum absolute atomic E-state index is 10.1. The number of benzene rings is 1. The maximum Gasteiger partial charge on any atom is 0.156 e. The molecule has 0 radical (unpaired) electrons. The Kier molecular flexibility index (Phi) is 4.72. The normalized spacial score (nSPS) is 9.93. The highest BCUT2D eigenvalue weighted by atomic mass is 79.9. The number of ether oxygens (including phenoxy) is 1. The molecular formula is C9H7BrCl2O2. The largest absolute Gasteiger partial charge is 0.490 e. The van der Waals surface area contributed by atoms with Crippen LogP contribution in [0.5, 0.6) is 5.75 Å². The van der Waals surface area contributed by atoms with E-state index in [1.54, 1.807) is 12.1 Å². The Morgan fingerprint density at radius 2 is 1.93 bits per heavy atom. The lowest BCUT2D eigenvalue weighted by Gasteiger charge is -2.08. The highest BCUT2D eigenvalue weighted by Crippen LogP contribution is 2.35. The predicted octanol–water partition coefficient (Wildman–Crippen LogP) is 3.72. The summed E-state index contributed by atoms with van der Waals surface area (Å²) in [6.45, 7) is 0.282. The third-order valence-electron chi connectivity index (χ3n) is 1.45. The molecule has 0 aliphatic rings. The predicted molar refractivity (Wildman–Crippen MR) is 60.3 cm³/mol. The molecule has 0 fully saturated rings. The molecule has 0 saturated carbocycles. The lowest BCUT2D eigenvalue weighted by molar-refractivity contribution is -0.108. The first kappa shape index (κ1) is 11.8. The van der Waals surface area contributed by atoms with E-state index in [1.165, 1.54) is 0 Å². The third-order valence-corrected chi connectivity index (χ3v) is 2.46. The zero-order chi connectivity index (χ0) is 10.6. The van der Waals surface area contributed by atoms with Crippen molar-refractivity contribution in [3.8, 4) is 5.75 Å². The van der Waals surface area contributed by atoms with Gasteiger partial charge in [0.2, 0.25) is 0 Å². The second kappa shape index (κ2) is 5.59. The van der Waals surface area contributed by atoms with Crippen LogP contribution in [0.25, 0.3) is 0 Å². The second-order valence-electron chi connectivity index (χ2n) is 2.50. The van der Waals surface area contributed by atoms with Gasteiger partial charge in [-0.25, -0.2) is 0 Å². The quantitative estimate of drug-likeness (QED) is 0.625. The Morgan fingerprint density at radius 3 is 2.43 bits per heavy atom.